The smallest absolute Gasteiger partial charge is 0.243 e. The lowest BCUT2D eigenvalue weighted by atomic mass is 10.0. The molecule has 2 aromatic heterocycles. The first-order chi connectivity index (χ1) is 17.7. The summed E-state index contributed by atoms with van der Waals surface area (Å²) in [6.07, 6.45) is 0.0640. The standard InChI is InChI=1S/C26H29F2N7O2/c1-15(29)19-8-9-20(33-25(19)28)24(17-6-4-3-5-7-17)34-26(37)21-12-18(27)14-35(21)23(36)13-31-22-10-11-30-16(2)32-22/h3-11,15,18,21,24H,12-14,29H2,1-2H3,(H,34,37)(H,30,31,32)/t15?,18-,21+,24+/m1/s1. The van der Waals surface area contributed by atoms with E-state index in [1.807, 2.05) is 6.07 Å². The maximum atomic E-state index is 14.7. The average Bonchev–Trinajstić information content (AvgIpc) is 3.28. The molecule has 1 aliphatic heterocycles. The molecule has 1 unspecified atom stereocenters. The van der Waals surface area contributed by atoms with Gasteiger partial charge in [0.25, 0.3) is 0 Å². The van der Waals surface area contributed by atoms with Crippen LogP contribution in [0.4, 0.5) is 14.6 Å². The summed E-state index contributed by atoms with van der Waals surface area (Å²) in [5.41, 5.74) is 6.97. The summed E-state index contributed by atoms with van der Waals surface area (Å²) in [4.78, 5) is 39.8. The van der Waals surface area contributed by atoms with Gasteiger partial charge in [-0.25, -0.2) is 19.3 Å². The third-order valence-electron chi connectivity index (χ3n) is 6.17. The number of carbonyl (C=O) groups excluding carboxylic acids is 2. The summed E-state index contributed by atoms with van der Waals surface area (Å²) in [5, 5.41) is 5.74. The Morgan fingerprint density at radius 1 is 1.16 bits per heavy atom. The van der Waals surface area contributed by atoms with Crippen LogP contribution < -0.4 is 16.4 Å². The predicted octanol–water partition coefficient (Wildman–Crippen LogP) is 2.60. The zero-order chi connectivity index (χ0) is 26.5. The van der Waals surface area contributed by atoms with Gasteiger partial charge in [0.1, 0.15) is 23.9 Å². The van der Waals surface area contributed by atoms with E-state index in [2.05, 4.69) is 25.6 Å². The number of hydrogen-bond acceptors (Lipinski definition) is 7. The monoisotopic (exact) mass is 509 g/mol. The highest BCUT2D eigenvalue weighted by molar-refractivity contribution is 5.90. The number of amides is 2. The van der Waals surface area contributed by atoms with Gasteiger partial charge in [0.2, 0.25) is 17.8 Å². The second kappa shape index (κ2) is 11.4. The molecule has 9 nitrogen and oxygen atoms in total. The van der Waals surface area contributed by atoms with Crippen molar-refractivity contribution in [1.82, 2.24) is 25.2 Å². The van der Waals surface area contributed by atoms with Crippen molar-refractivity contribution >= 4 is 17.6 Å². The molecular formula is C26H29F2N7O2. The Hall–Kier alpha value is -3.99. The fourth-order valence-electron chi connectivity index (χ4n) is 4.30. The SMILES string of the molecule is Cc1nccc(NCC(=O)N2C[C@H](F)C[C@H]2C(=O)N[C@@H](c2ccccc2)c2ccc(C(C)N)c(F)n2)n1. The average molecular weight is 510 g/mol. The number of rotatable bonds is 8. The molecule has 1 fully saturated rings. The third kappa shape index (κ3) is 6.23. The molecule has 0 radical (unpaired) electrons. The Morgan fingerprint density at radius 2 is 1.92 bits per heavy atom. The van der Waals surface area contributed by atoms with E-state index < -0.39 is 42.1 Å². The molecule has 1 aliphatic rings. The first kappa shape index (κ1) is 26.1. The first-order valence-electron chi connectivity index (χ1n) is 12.0. The van der Waals surface area contributed by atoms with Crippen LogP contribution in [-0.4, -0.2) is 57.0 Å². The number of anilines is 1. The molecule has 0 saturated carbocycles. The number of likely N-dealkylation sites (tertiary alicyclic amines) is 1. The molecule has 194 valence electrons. The van der Waals surface area contributed by atoms with Crippen LogP contribution in [0.25, 0.3) is 0 Å². The number of aryl methyl sites for hydroxylation is 1. The molecule has 37 heavy (non-hydrogen) atoms. The Bertz CT molecular complexity index is 1260. The summed E-state index contributed by atoms with van der Waals surface area (Å²) < 4.78 is 29.1. The Morgan fingerprint density at radius 3 is 2.59 bits per heavy atom. The molecule has 4 rings (SSSR count). The molecule has 1 saturated heterocycles. The molecule has 2 amide bonds. The number of pyridine rings is 1. The van der Waals surface area contributed by atoms with E-state index in [-0.39, 0.29) is 30.8 Å². The largest absolute Gasteiger partial charge is 0.361 e. The predicted molar refractivity (Wildman–Crippen MR) is 133 cm³/mol. The second-order valence-corrected chi connectivity index (χ2v) is 8.99. The van der Waals surface area contributed by atoms with Crippen molar-refractivity contribution in [2.24, 2.45) is 5.73 Å². The summed E-state index contributed by atoms with van der Waals surface area (Å²) in [6.45, 7) is 3.00. The zero-order valence-corrected chi connectivity index (χ0v) is 20.6. The van der Waals surface area contributed by atoms with Gasteiger partial charge in [0, 0.05) is 24.2 Å². The molecule has 3 aromatic rings. The van der Waals surface area contributed by atoms with Crippen LogP contribution in [-0.2, 0) is 9.59 Å². The number of nitrogens with zero attached hydrogens (tertiary/aromatic N) is 4. The van der Waals surface area contributed by atoms with Gasteiger partial charge in [-0.1, -0.05) is 36.4 Å². The van der Waals surface area contributed by atoms with Gasteiger partial charge < -0.3 is 21.3 Å². The highest BCUT2D eigenvalue weighted by Gasteiger charge is 2.40. The Balaban J connectivity index is 1.53. The van der Waals surface area contributed by atoms with E-state index in [0.717, 1.165) is 0 Å². The van der Waals surface area contributed by atoms with Crippen molar-refractivity contribution in [1.29, 1.82) is 0 Å². The van der Waals surface area contributed by atoms with E-state index in [9.17, 15) is 18.4 Å². The lowest BCUT2D eigenvalue weighted by Crippen LogP contribution is -2.48. The van der Waals surface area contributed by atoms with Gasteiger partial charge in [0.15, 0.2) is 0 Å². The van der Waals surface area contributed by atoms with Crippen molar-refractivity contribution in [2.75, 3.05) is 18.4 Å². The van der Waals surface area contributed by atoms with Gasteiger partial charge in [-0.15, -0.1) is 0 Å². The molecule has 0 bridgehead atoms. The molecule has 1 aromatic carbocycles. The van der Waals surface area contributed by atoms with Crippen molar-refractivity contribution in [3.05, 3.63) is 83.3 Å². The van der Waals surface area contributed by atoms with Crippen LogP contribution >= 0.6 is 0 Å². The fourth-order valence-corrected chi connectivity index (χ4v) is 4.30. The summed E-state index contributed by atoms with van der Waals surface area (Å²) in [5.74, 6) is -0.747. The second-order valence-electron chi connectivity index (χ2n) is 8.99. The normalized spacial score (nSPS) is 18.8. The lowest BCUT2D eigenvalue weighted by molar-refractivity contribution is -0.137. The van der Waals surface area contributed by atoms with Crippen LogP contribution in [0.2, 0.25) is 0 Å². The molecule has 11 heteroatoms. The van der Waals surface area contributed by atoms with Gasteiger partial charge in [-0.2, -0.15) is 4.39 Å². The minimum atomic E-state index is -1.35. The topological polar surface area (TPSA) is 126 Å². The molecule has 0 aliphatic carbocycles. The van der Waals surface area contributed by atoms with Gasteiger partial charge in [0.05, 0.1) is 24.8 Å². The van der Waals surface area contributed by atoms with E-state index in [1.165, 1.54) is 11.0 Å². The maximum absolute atomic E-state index is 14.7. The highest BCUT2D eigenvalue weighted by atomic mass is 19.1. The summed E-state index contributed by atoms with van der Waals surface area (Å²) in [7, 11) is 0. The van der Waals surface area contributed by atoms with Crippen molar-refractivity contribution in [3.63, 3.8) is 0 Å². The molecule has 4 atom stereocenters. The lowest BCUT2D eigenvalue weighted by Gasteiger charge is -2.27. The van der Waals surface area contributed by atoms with E-state index in [4.69, 9.17) is 5.73 Å². The minimum absolute atomic E-state index is 0.142. The van der Waals surface area contributed by atoms with Crippen molar-refractivity contribution < 1.29 is 18.4 Å². The molecule has 0 spiro atoms. The Labute approximate surface area is 213 Å². The first-order valence-corrected chi connectivity index (χ1v) is 12.0. The van der Waals surface area contributed by atoms with E-state index >= 15 is 0 Å². The number of benzene rings is 1. The number of nitrogens with one attached hydrogen (secondary N) is 2. The number of aromatic nitrogens is 3. The summed E-state index contributed by atoms with van der Waals surface area (Å²) >= 11 is 0. The Kier molecular flexibility index (Phi) is 8.02. The quantitative estimate of drug-likeness (QED) is 0.399. The van der Waals surface area contributed by atoms with Crippen molar-refractivity contribution in [3.8, 4) is 0 Å². The number of halogens is 2. The van der Waals surface area contributed by atoms with E-state index in [0.29, 0.717) is 17.2 Å². The fraction of sp³-hybridized carbons (Fsp3) is 0.346. The number of carbonyl (C=O) groups is 2. The van der Waals surface area contributed by atoms with Crippen LogP contribution in [0, 0.1) is 12.9 Å². The number of alkyl halides is 1. The molecular weight excluding hydrogens is 480 g/mol. The molecule has 3 heterocycles. The number of nitrogens with two attached hydrogens (primary N) is 1. The third-order valence-corrected chi connectivity index (χ3v) is 6.17. The zero-order valence-electron chi connectivity index (χ0n) is 20.6. The highest BCUT2D eigenvalue weighted by Crippen LogP contribution is 2.26. The van der Waals surface area contributed by atoms with E-state index in [1.54, 1.807) is 56.4 Å². The summed E-state index contributed by atoms with van der Waals surface area (Å²) in [6, 6.07) is 11.3. The van der Waals surface area contributed by atoms with Gasteiger partial charge in [-0.3, -0.25) is 9.59 Å². The molecule has 4 N–H and O–H groups in total. The van der Waals surface area contributed by atoms with Crippen LogP contribution in [0.3, 0.4) is 0 Å². The maximum Gasteiger partial charge on any atom is 0.243 e. The van der Waals surface area contributed by atoms with Gasteiger partial charge >= 0.3 is 0 Å². The van der Waals surface area contributed by atoms with Gasteiger partial charge in [-0.05, 0) is 31.5 Å². The van der Waals surface area contributed by atoms with Crippen LogP contribution in [0.15, 0.2) is 54.7 Å². The van der Waals surface area contributed by atoms with Crippen molar-refractivity contribution in [2.45, 2.75) is 44.6 Å². The number of hydrogen-bond donors (Lipinski definition) is 3. The van der Waals surface area contributed by atoms with Crippen LogP contribution in [0.5, 0.6) is 0 Å². The minimum Gasteiger partial charge on any atom is -0.361 e. The van der Waals surface area contributed by atoms with Crippen LogP contribution in [0.1, 0.15) is 48.1 Å².